The molecule has 0 saturated heterocycles. The average molecular weight is 277 g/mol. The number of hydrogen-bond donors (Lipinski definition) is 1. The molecule has 2 rings (SSSR count). The number of rotatable bonds is 5. The third-order valence-electron chi connectivity index (χ3n) is 2.66. The smallest absolute Gasteiger partial charge is 0.324 e. The van der Waals surface area contributed by atoms with Crippen LogP contribution in [0.4, 0.5) is 16.4 Å². The maximum absolute atomic E-state index is 10.6. The first-order valence-electron chi connectivity index (χ1n) is 5.80. The van der Waals surface area contributed by atoms with E-state index < -0.39 is 0 Å². The summed E-state index contributed by atoms with van der Waals surface area (Å²) in [6.45, 7) is 0.593. The minimum atomic E-state index is -0.360. The molecular formula is C13H15N3O2S. The van der Waals surface area contributed by atoms with E-state index >= 15 is 0 Å². The van der Waals surface area contributed by atoms with E-state index in [1.54, 1.807) is 6.07 Å². The van der Waals surface area contributed by atoms with E-state index in [-0.39, 0.29) is 9.92 Å². The van der Waals surface area contributed by atoms with Gasteiger partial charge in [-0.2, -0.15) is 0 Å². The van der Waals surface area contributed by atoms with Gasteiger partial charge in [0.15, 0.2) is 0 Å². The number of nitrogens with one attached hydrogen (secondary N) is 1. The van der Waals surface area contributed by atoms with Gasteiger partial charge in [-0.25, -0.2) is 0 Å². The van der Waals surface area contributed by atoms with E-state index in [1.165, 1.54) is 17.4 Å². The molecule has 1 N–H and O–H groups in total. The van der Waals surface area contributed by atoms with Crippen molar-refractivity contribution in [1.29, 1.82) is 0 Å². The third-order valence-corrected chi connectivity index (χ3v) is 3.69. The molecule has 0 saturated carbocycles. The van der Waals surface area contributed by atoms with E-state index in [0.29, 0.717) is 6.54 Å². The van der Waals surface area contributed by atoms with Crippen molar-refractivity contribution < 1.29 is 4.92 Å². The lowest BCUT2D eigenvalue weighted by Gasteiger charge is -2.14. The van der Waals surface area contributed by atoms with Crippen molar-refractivity contribution in [1.82, 2.24) is 0 Å². The molecule has 1 aromatic heterocycles. The van der Waals surface area contributed by atoms with Gasteiger partial charge in [0.2, 0.25) is 0 Å². The predicted molar refractivity (Wildman–Crippen MR) is 79.1 cm³/mol. The molecule has 1 aromatic carbocycles. The fourth-order valence-corrected chi connectivity index (χ4v) is 2.40. The molecule has 0 aliphatic heterocycles. The Labute approximate surface area is 115 Å². The molecule has 0 spiro atoms. The first-order valence-corrected chi connectivity index (χ1v) is 6.62. The van der Waals surface area contributed by atoms with Gasteiger partial charge in [-0.1, -0.05) is 17.4 Å². The van der Waals surface area contributed by atoms with Crippen LogP contribution in [0.2, 0.25) is 0 Å². The summed E-state index contributed by atoms with van der Waals surface area (Å²) in [6.07, 6.45) is 0. The monoisotopic (exact) mass is 277 g/mol. The van der Waals surface area contributed by atoms with Crippen molar-refractivity contribution >= 4 is 27.7 Å². The van der Waals surface area contributed by atoms with Gasteiger partial charge in [0.25, 0.3) is 0 Å². The summed E-state index contributed by atoms with van der Waals surface area (Å²) in [4.78, 5) is 13.2. The standard InChI is InChI=1S/C13H15N3O2S/c1-15(2)11-5-3-4-10(8-11)14-9-12-6-7-13(19-12)16(17)18/h3-8,14H,9H2,1-2H3. The van der Waals surface area contributed by atoms with Crippen LogP contribution < -0.4 is 10.2 Å². The van der Waals surface area contributed by atoms with E-state index in [9.17, 15) is 10.1 Å². The first-order chi connectivity index (χ1) is 9.06. The highest BCUT2D eigenvalue weighted by atomic mass is 32.1. The van der Waals surface area contributed by atoms with Crippen molar-refractivity contribution in [2.75, 3.05) is 24.3 Å². The Hall–Kier alpha value is -2.08. The average Bonchev–Trinajstić information content (AvgIpc) is 2.85. The molecule has 100 valence electrons. The van der Waals surface area contributed by atoms with Crippen LogP contribution in [0.25, 0.3) is 0 Å². The summed E-state index contributed by atoms with van der Waals surface area (Å²) in [5.74, 6) is 0. The zero-order valence-corrected chi connectivity index (χ0v) is 11.6. The van der Waals surface area contributed by atoms with Crippen molar-refractivity contribution in [2.45, 2.75) is 6.54 Å². The first kappa shape index (κ1) is 13.4. The topological polar surface area (TPSA) is 58.4 Å². The second-order valence-electron chi connectivity index (χ2n) is 4.30. The summed E-state index contributed by atoms with van der Waals surface area (Å²) in [5.41, 5.74) is 2.12. The largest absolute Gasteiger partial charge is 0.380 e. The quantitative estimate of drug-likeness (QED) is 0.672. The molecule has 0 atom stereocenters. The zero-order valence-electron chi connectivity index (χ0n) is 10.8. The molecule has 0 aliphatic carbocycles. The Bertz CT molecular complexity index is 581. The van der Waals surface area contributed by atoms with Gasteiger partial charge in [0.1, 0.15) is 0 Å². The second-order valence-corrected chi connectivity index (χ2v) is 5.44. The molecule has 0 radical (unpaired) electrons. The van der Waals surface area contributed by atoms with Crippen LogP contribution in [-0.2, 0) is 6.54 Å². The van der Waals surface area contributed by atoms with Crippen LogP contribution in [0, 0.1) is 10.1 Å². The van der Waals surface area contributed by atoms with Crippen LogP contribution in [0.1, 0.15) is 4.88 Å². The Balaban J connectivity index is 2.01. The summed E-state index contributed by atoms with van der Waals surface area (Å²) in [6, 6.07) is 11.4. The normalized spacial score (nSPS) is 10.2. The maximum Gasteiger partial charge on any atom is 0.324 e. The van der Waals surface area contributed by atoms with Gasteiger partial charge in [-0.3, -0.25) is 10.1 Å². The summed E-state index contributed by atoms with van der Waals surface area (Å²) >= 11 is 1.20. The minimum absolute atomic E-state index is 0.179. The number of anilines is 2. The molecule has 0 amide bonds. The predicted octanol–water partition coefficient (Wildman–Crippen LogP) is 3.33. The molecule has 0 fully saturated rings. The third kappa shape index (κ3) is 3.45. The van der Waals surface area contributed by atoms with Crippen molar-refractivity contribution in [3.63, 3.8) is 0 Å². The SMILES string of the molecule is CN(C)c1cccc(NCc2ccc([N+](=O)[O-])s2)c1. The van der Waals surface area contributed by atoms with E-state index in [1.807, 2.05) is 43.3 Å². The number of nitro groups is 1. The van der Waals surface area contributed by atoms with Crippen LogP contribution >= 0.6 is 11.3 Å². The van der Waals surface area contributed by atoms with Crippen molar-refractivity contribution in [3.8, 4) is 0 Å². The number of thiophene rings is 1. The Morgan fingerprint density at radius 2 is 2.11 bits per heavy atom. The fraction of sp³-hybridized carbons (Fsp3) is 0.231. The fourth-order valence-electron chi connectivity index (χ4n) is 1.64. The van der Waals surface area contributed by atoms with Crippen LogP contribution in [0.3, 0.4) is 0 Å². The molecule has 0 bridgehead atoms. The van der Waals surface area contributed by atoms with Crippen LogP contribution in [-0.4, -0.2) is 19.0 Å². The second kappa shape index (κ2) is 5.71. The molecule has 0 unspecified atom stereocenters. The van der Waals surface area contributed by atoms with Crippen molar-refractivity contribution in [2.24, 2.45) is 0 Å². The number of hydrogen-bond acceptors (Lipinski definition) is 5. The molecule has 1 heterocycles. The Morgan fingerprint density at radius 1 is 1.32 bits per heavy atom. The van der Waals surface area contributed by atoms with Gasteiger partial charge in [-0.15, -0.1) is 0 Å². The number of nitrogens with zero attached hydrogens (tertiary/aromatic N) is 2. The maximum atomic E-state index is 10.6. The van der Waals surface area contributed by atoms with E-state index in [2.05, 4.69) is 5.32 Å². The minimum Gasteiger partial charge on any atom is -0.380 e. The summed E-state index contributed by atoms with van der Waals surface area (Å²) in [7, 11) is 3.98. The molecule has 0 aliphatic rings. The molecule has 5 nitrogen and oxygen atoms in total. The molecular weight excluding hydrogens is 262 g/mol. The summed E-state index contributed by atoms with van der Waals surface area (Å²) < 4.78 is 0. The van der Waals surface area contributed by atoms with Crippen LogP contribution in [0.5, 0.6) is 0 Å². The van der Waals surface area contributed by atoms with Crippen molar-refractivity contribution in [3.05, 3.63) is 51.4 Å². The molecule has 2 aromatic rings. The molecule has 19 heavy (non-hydrogen) atoms. The van der Waals surface area contributed by atoms with Gasteiger partial charge < -0.3 is 10.2 Å². The lowest BCUT2D eigenvalue weighted by Crippen LogP contribution is -2.08. The lowest BCUT2D eigenvalue weighted by molar-refractivity contribution is -0.380. The highest BCUT2D eigenvalue weighted by Crippen LogP contribution is 2.25. The zero-order chi connectivity index (χ0) is 13.8. The van der Waals surface area contributed by atoms with Crippen LogP contribution in [0.15, 0.2) is 36.4 Å². The summed E-state index contributed by atoms with van der Waals surface area (Å²) in [5, 5.41) is 14.0. The lowest BCUT2D eigenvalue weighted by atomic mass is 10.2. The Morgan fingerprint density at radius 3 is 2.74 bits per heavy atom. The molecule has 6 heteroatoms. The highest BCUT2D eigenvalue weighted by molar-refractivity contribution is 7.15. The van der Waals surface area contributed by atoms with Gasteiger partial charge in [0, 0.05) is 43.0 Å². The van der Waals surface area contributed by atoms with Gasteiger partial charge in [-0.05, 0) is 24.3 Å². The number of benzene rings is 1. The Kier molecular flexibility index (Phi) is 4.01. The van der Waals surface area contributed by atoms with Gasteiger partial charge in [0.05, 0.1) is 4.92 Å². The van der Waals surface area contributed by atoms with E-state index in [4.69, 9.17) is 0 Å². The van der Waals surface area contributed by atoms with E-state index in [0.717, 1.165) is 16.3 Å². The van der Waals surface area contributed by atoms with Gasteiger partial charge >= 0.3 is 5.00 Å². The highest BCUT2D eigenvalue weighted by Gasteiger charge is 2.09.